The molecular weight excluding hydrogens is 405 g/mol. The predicted octanol–water partition coefficient (Wildman–Crippen LogP) is 3.37. The van der Waals surface area contributed by atoms with Crippen molar-refractivity contribution in [3.8, 4) is 11.5 Å². The topological polar surface area (TPSA) is 105 Å². The molecule has 0 aliphatic carbocycles. The molecule has 4 rings (SSSR count). The molecule has 2 aromatic heterocycles. The van der Waals surface area contributed by atoms with Crippen LogP contribution in [0.25, 0.3) is 11.5 Å². The molecule has 30 heavy (non-hydrogen) atoms. The Balaban J connectivity index is 0.000000318. The van der Waals surface area contributed by atoms with Crippen molar-refractivity contribution >= 4 is 5.97 Å². The van der Waals surface area contributed by atoms with Crippen molar-refractivity contribution in [1.29, 1.82) is 0 Å². The van der Waals surface area contributed by atoms with E-state index in [0.29, 0.717) is 24.1 Å². The van der Waals surface area contributed by atoms with Crippen LogP contribution in [-0.2, 0) is 11.2 Å². The molecule has 3 heterocycles. The van der Waals surface area contributed by atoms with Crippen molar-refractivity contribution in [3.63, 3.8) is 0 Å². The lowest BCUT2D eigenvalue weighted by Crippen LogP contribution is -2.21. The van der Waals surface area contributed by atoms with E-state index in [9.17, 15) is 13.2 Å². The minimum Gasteiger partial charge on any atom is -0.475 e. The van der Waals surface area contributed by atoms with E-state index in [2.05, 4.69) is 27.1 Å². The summed E-state index contributed by atoms with van der Waals surface area (Å²) in [6.45, 7) is 2.05. The first kappa shape index (κ1) is 21.5. The van der Waals surface area contributed by atoms with Crippen molar-refractivity contribution in [3.05, 3.63) is 54.0 Å². The molecular formula is C19H19F3N4O4. The number of likely N-dealkylation sites (N-methyl/N-ethyl adjacent to an activating group) is 1. The highest BCUT2D eigenvalue weighted by Crippen LogP contribution is 2.25. The fourth-order valence-electron chi connectivity index (χ4n) is 2.91. The van der Waals surface area contributed by atoms with Crippen LogP contribution < -0.4 is 0 Å². The van der Waals surface area contributed by atoms with Crippen molar-refractivity contribution in [2.75, 3.05) is 20.1 Å². The molecule has 8 nitrogen and oxygen atoms in total. The molecule has 160 valence electrons. The molecule has 1 aliphatic rings. The maximum absolute atomic E-state index is 10.6. The number of hydrogen-bond acceptors (Lipinski definition) is 7. The van der Waals surface area contributed by atoms with E-state index in [0.717, 1.165) is 36.7 Å². The van der Waals surface area contributed by atoms with Crippen LogP contribution in [-0.4, -0.2) is 57.4 Å². The van der Waals surface area contributed by atoms with Gasteiger partial charge >= 0.3 is 12.1 Å². The average molecular weight is 424 g/mol. The zero-order valence-electron chi connectivity index (χ0n) is 16.0. The monoisotopic (exact) mass is 424 g/mol. The molecule has 0 radical (unpaired) electrons. The number of carbonyl (C=O) groups is 1. The third kappa shape index (κ3) is 5.66. The average Bonchev–Trinajstić information content (AvgIpc) is 3.44. The summed E-state index contributed by atoms with van der Waals surface area (Å²) in [5.41, 5.74) is 1.77. The molecule has 1 fully saturated rings. The SMILES string of the molecule is CN1CC[C@H](c2nc(Cc3coc(-c4ccccc4)n3)no2)C1.O=C(O)C(F)(F)F. The molecule has 0 unspecified atom stereocenters. The van der Waals surface area contributed by atoms with Gasteiger partial charge in [0.2, 0.25) is 11.8 Å². The minimum absolute atomic E-state index is 0.346. The summed E-state index contributed by atoms with van der Waals surface area (Å²) in [5, 5.41) is 11.2. The van der Waals surface area contributed by atoms with Crippen LogP contribution in [0.3, 0.4) is 0 Å². The van der Waals surface area contributed by atoms with Gasteiger partial charge in [-0.3, -0.25) is 0 Å². The number of carboxylic acid groups (broad SMARTS) is 1. The zero-order chi connectivity index (χ0) is 21.7. The number of carboxylic acids is 1. The Kier molecular flexibility index (Phi) is 6.50. The van der Waals surface area contributed by atoms with Crippen molar-refractivity contribution in [1.82, 2.24) is 20.0 Å². The van der Waals surface area contributed by atoms with Gasteiger partial charge in [0.05, 0.1) is 18.0 Å². The Bertz CT molecular complexity index is 972. The number of aliphatic carboxylic acids is 1. The van der Waals surface area contributed by atoms with Crippen LogP contribution in [0.1, 0.15) is 29.7 Å². The molecule has 0 spiro atoms. The first-order valence-corrected chi connectivity index (χ1v) is 9.03. The maximum atomic E-state index is 10.6. The normalized spacial score (nSPS) is 16.9. The summed E-state index contributed by atoms with van der Waals surface area (Å²) < 4.78 is 42.7. The summed E-state index contributed by atoms with van der Waals surface area (Å²) >= 11 is 0. The predicted molar refractivity (Wildman–Crippen MR) is 97.6 cm³/mol. The zero-order valence-corrected chi connectivity index (χ0v) is 16.0. The highest BCUT2D eigenvalue weighted by molar-refractivity contribution is 5.73. The molecule has 1 N–H and O–H groups in total. The molecule has 1 aliphatic heterocycles. The first-order valence-electron chi connectivity index (χ1n) is 9.03. The van der Waals surface area contributed by atoms with E-state index in [1.54, 1.807) is 6.26 Å². The van der Waals surface area contributed by atoms with Gasteiger partial charge in [-0.25, -0.2) is 9.78 Å². The van der Waals surface area contributed by atoms with Gasteiger partial charge in [-0.2, -0.15) is 18.2 Å². The maximum Gasteiger partial charge on any atom is 0.490 e. The third-order valence-corrected chi connectivity index (χ3v) is 4.38. The molecule has 0 saturated carbocycles. The van der Waals surface area contributed by atoms with E-state index in [-0.39, 0.29) is 0 Å². The van der Waals surface area contributed by atoms with Crippen LogP contribution >= 0.6 is 0 Å². The van der Waals surface area contributed by atoms with Crippen LogP contribution in [0.2, 0.25) is 0 Å². The van der Waals surface area contributed by atoms with Gasteiger partial charge < -0.3 is 18.9 Å². The summed E-state index contributed by atoms with van der Waals surface area (Å²) in [6.07, 6.45) is -1.84. The fraction of sp³-hybridized carbons (Fsp3) is 0.368. The quantitative estimate of drug-likeness (QED) is 0.680. The molecule has 0 amide bonds. The van der Waals surface area contributed by atoms with Gasteiger partial charge in [-0.1, -0.05) is 23.4 Å². The van der Waals surface area contributed by atoms with Crippen LogP contribution in [0.15, 0.2) is 45.5 Å². The summed E-state index contributed by atoms with van der Waals surface area (Å²) in [5.74, 6) is -0.411. The van der Waals surface area contributed by atoms with Crippen LogP contribution in [0.4, 0.5) is 13.2 Å². The fourth-order valence-corrected chi connectivity index (χ4v) is 2.91. The summed E-state index contributed by atoms with van der Waals surface area (Å²) in [4.78, 5) is 20.2. The van der Waals surface area contributed by atoms with Gasteiger partial charge in [0.1, 0.15) is 6.26 Å². The standard InChI is InChI=1S/C17H18N4O2.C2HF3O2/c1-21-8-7-13(10-21)17-19-15(20-23-17)9-14-11-22-16(18-14)12-5-3-2-4-6-12;3-2(4,5)1(6)7/h2-6,11,13H,7-10H2,1H3;(H,6,7)/t13-;/m0./s1. The molecule has 0 bridgehead atoms. The van der Waals surface area contributed by atoms with Gasteiger partial charge in [0.15, 0.2) is 5.82 Å². The second-order valence-corrected chi connectivity index (χ2v) is 6.79. The second kappa shape index (κ2) is 9.08. The Labute approximate surface area is 169 Å². The van der Waals surface area contributed by atoms with E-state index in [4.69, 9.17) is 18.8 Å². The Morgan fingerprint density at radius 1 is 1.27 bits per heavy atom. The lowest BCUT2D eigenvalue weighted by molar-refractivity contribution is -0.192. The van der Waals surface area contributed by atoms with Gasteiger partial charge in [0, 0.05) is 12.1 Å². The van der Waals surface area contributed by atoms with Gasteiger partial charge in [-0.05, 0) is 32.1 Å². The van der Waals surface area contributed by atoms with Crippen molar-refractivity contribution < 1.29 is 32.0 Å². The van der Waals surface area contributed by atoms with Crippen molar-refractivity contribution in [2.24, 2.45) is 0 Å². The van der Waals surface area contributed by atoms with E-state index in [1.807, 2.05) is 30.3 Å². The number of alkyl halides is 3. The molecule has 1 atom stereocenters. The van der Waals surface area contributed by atoms with Gasteiger partial charge in [-0.15, -0.1) is 0 Å². The van der Waals surface area contributed by atoms with Gasteiger partial charge in [0.25, 0.3) is 0 Å². The number of hydrogen-bond donors (Lipinski definition) is 1. The second-order valence-electron chi connectivity index (χ2n) is 6.79. The Morgan fingerprint density at radius 2 is 1.97 bits per heavy atom. The van der Waals surface area contributed by atoms with Crippen LogP contribution in [0, 0.1) is 0 Å². The number of aromatic nitrogens is 3. The van der Waals surface area contributed by atoms with Crippen molar-refractivity contribution in [2.45, 2.75) is 24.9 Å². The Morgan fingerprint density at radius 3 is 2.57 bits per heavy atom. The smallest absolute Gasteiger partial charge is 0.475 e. The summed E-state index contributed by atoms with van der Waals surface area (Å²) in [6, 6.07) is 9.83. The minimum atomic E-state index is -5.08. The first-order chi connectivity index (χ1) is 14.2. The lowest BCUT2D eigenvalue weighted by atomic mass is 10.1. The summed E-state index contributed by atoms with van der Waals surface area (Å²) in [7, 11) is 2.11. The Hall–Kier alpha value is -3.21. The largest absolute Gasteiger partial charge is 0.490 e. The van der Waals surface area contributed by atoms with E-state index < -0.39 is 12.1 Å². The number of rotatable bonds is 4. The van der Waals surface area contributed by atoms with E-state index in [1.165, 1.54) is 0 Å². The highest BCUT2D eigenvalue weighted by Gasteiger charge is 2.38. The molecule has 3 aromatic rings. The number of benzene rings is 1. The van der Waals surface area contributed by atoms with E-state index >= 15 is 0 Å². The molecule has 1 saturated heterocycles. The third-order valence-electron chi connectivity index (χ3n) is 4.38. The van der Waals surface area contributed by atoms with Crippen LogP contribution in [0.5, 0.6) is 0 Å². The number of halogens is 3. The molecule has 1 aromatic carbocycles. The number of oxazole rings is 1. The highest BCUT2D eigenvalue weighted by atomic mass is 19.4. The lowest BCUT2D eigenvalue weighted by Gasteiger charge is -2.04. The number of likely N-dealkylation sites (tertiary alicyclic amines) is 1. The number of nitrogens with zero attached hydrogens (tertiary/aromatic N) is 4. The molecule has 11 heteroatoms.